The van der Waals surface area contributed by atoms with Crippen LogP contribution in [0.4, 0.5) is 5.69 Å². The van der Waals surface area contributed by atoms with Crippen LogP contribution in [0.1, 0.15) is 26.3 Å². The molecule has 0 fully saturated rings. The Labute approximate surface area is 159 Å². The largest absolute Gasteiger partial charge is 0.478 e. The molecular weight excluding hydrogens is 426 g/mol. The predicted octanol–water partition coefficient (Wildman–Crippen LogP) is 2.90. The van der Waals surface area contributed by atoms with Crippen molar-refractivity contribution in [1.82, 2.24) is 0 Å². The molecule has 2 aromatic carbocycles. The molecule has 1 N–H and O–H groups in total. The lowest BCUT2D eigenvalue weighted by Crippen LogP contribution is -2.28. The van der Waals surface area contributed by atoms with Gasteiger partial charge in [-0.1, -0.05) is 28.1 Å². The molecule has 7 nitrogen and oxygen atoms in total. The number of carbonyl (C=O) groups excluding carboxylic acids is 1. The average Bonchev–Trinajstić information content (AvgIpc) is 2.61. The first-order chi connectivity index (χ1) is 12.1. The fraction of sp³-hybridized carbons (Fsp3) is 0.176. The Morgan fingerprint density at radius 1 is 1.12 bits per heavy atom. The van der Waals surface area contributed by atoms with Gasteiger partial charge in [-0.15, -0.1) is 0 Å². The number of esters is 1. The Kier molecular flexibility index (Phi) is 6.04. The Bertz CT molecular complexity index is 940. The molecule has 9 heteroatoms. The van der Waals surface area contributed by atoms with E-state index < -0.39 is 22.0 Å². The number of aromatic carboxylic acids is 1. The molecule has 26 heavy (non-hydrogen) atoms. The molecule has 0 saturated carbocycles. The average molecular weight is 442 g/mol. The molecule has 0 aliphatic heterocycles. The molecular formula is C17H16BrNO6S. The first kappa shape index (κ1) is 19.9. The van der Waals surface area contributed by atoms with Crippen molar-refractivity contribution < 1.29 is 27.9 Å². The van der Waals surface area contributed by atoms with Gasteiger partial charge in [-0.3, -0.25) is 4.31 Å². The van der Waals surface area contributed by atoms with E-state index in [0.717, 1.165) is 22.0 Å². The second kappa shape index (κ2) is 7.88. The van der Waals surface area contributed by atoms with E-state index in [1.54, 1.807) is 24.3 Å². The number of carbonyl (C=O) groups is 2. The van der Waals surface area contributed by atoms with E-state index in [2.05, 4.69) is 20.7 Å². The molecule has 138 valence electrons. The number of carboxylic acids is 1. The monoisotopic (exact) mass is 441 g/mol. The van der Waals surface area contributed by atoms with Crippen molar-refractivity contribution in [3.05, 3.63) is 63.6 Å². The number of rotatable bonds is 6. The number of anilines is 1. The number of carboxylic acid groups (broad SMARTS) is 1. The maximum atomic E-state index is 12.7. The SMILES string of the molecule is COC(=O)c1cc(C(=O)O)cc(N(C)S(=O)(=O)Cc2ccc(Br)cc2)c1. The Balaban J connectivity index is 2.41. The topological polar surface area (TPSA) is 101 Å². The summed E-state index contributed by atoms with van der Waals surface area (Å²) < 4.78 is 31.7. The molecule has 0 atom stereocenters. The first-order valence-corrected chi connectivity index (χ1v) is 9.72. The van der Waals surface area contributed by atoms with Crippen LogP contribution in [0.15, 0.2) is 46.9 Å². The van der Waals surface area contributed by atoms with E-state index in [1.165, 1.54) is 19.2 Å². The molecule has 0 aliphatic rings. The quantitative estimate of drug-likeness (QED) is 0.691. The summed E-state index contributed by atoms with van der Waals surface area (Å²) in [4.78, 5) is 23.0. The van der Waals surface area contributed by atoms with Gasteiger partial charge in [0.1, 0.15) is 0 Å². The Morgan fingerprint density at radius 3 is 2.23 bits per heavy atom. The van der Waals surface area contributed by atoms with Gasteiger partial charge in [-0.05, 0) is 35.9 Å². The van der Waals surface area contributed by atoms with E-state index >= 15 is 0 Å². The standard InChI is InChI=1S/C17H16BrNO6S/c1-19(26(23,24)10-11-3-5-14(18)6-4-11)15-8-12(16(20)21)7-13(9-15)17(22)25-2/h3-9H,10H2,1-2H3,(H,20,21). The highest BCUT2D eigenvalue weighted by Gasteiger charge is 2.22. The van der Waals surface area contributed by atoms with Crippen LogP contribution in [0.5, 0.6) is 0 Å². The Hall–Kier alpha value is -2.39. The van der Waals surface area contributed by atoms with Crippen molar-refractivity contribution in [3.8, 4) is 0 Å². The van der Waals surface area contributed by atoms with Gasteiger partial charge in [-0.2, -0.15) is 0 Å². The molecule has 0 spiro atoms. The molecule has 2 rings (SSSR count). The minimum absolute atomic E-state index is 0.0481. The normalized spacial score (nSPS) is 11.0. The van der Waals surface area contributed by atoms with Crippen molar-refractivity contribution in [2.24, 2.45) is 0 Å². The summed E-state index contributed by atoms with van der Waals surface area (Å²) in [7, 11) is -1.34. The molecule has 0 unspecified atom stereocenters. The van der Waals surface area contributed by atoms with Gasteiger partial charge >= 0.3 is 11.9 Å². The molecule has 2 aromatic rings. The highest BCUT2D eigenvalue weighted by Crippen LogP contribution is 2.24. The highest BCUT2D eigenvalue weighted by molar-refractivity contribution is 9.10. The van der Waals surface area contributed by atoms with Crippen molar-refractivity contribution in [2.45, 2.75) is 5.75 Å². The molecule has 0 amide bonds. The summed E-state index contributed by atoms with van der Waals surface area (Å²) in [5, 5.41) is 9.21. The molecule has 0 aliphatic carbocycles. The maximum Gasteiger partial charge on any atom is 0.337 e. The van der Waals surface area contributed by atoms with E-state index in [4.69, 9.17) is 0 Å². The fourth-order valence-electron chi connectivity index (χ4n) is 2.20. The van der Waals surface area contributed by atoms with Crippen molar-refractivity contribution in [3.63, 3.8) is 0 Å². The third-order valence-corrected chi connectivity index (χ3v) is 5.90. The van der Waals surface area contributed by atoms with E-state index in [9.17, 15) is 23.1 Å². The second-order valence-electron chi connectivity index (χ2n) is 5.42. The Morgan fingerprint density at radius 2 is 1.69 bits per heavy atom. The zero-order valence-electron chi connectivity index (χ0n) is 14.0. The molecule has 0 aromatic heterocycles. The smallest absolute Gasteiger partial charge is 0.337 e. The zero-order valence-corrected chi connectivity index (χ0v) is 16.4. The summed E-state index contributed by atoms with van der Waals surface area (Å²) in [5.41, 5.74) is 0.367. The lowest BCUT2D eigenvalue weighted by Gasteiger charge is -2.20. The van der Waals surface area contributed by atoms with Crippen molar-refractivity contribution in [2.75, 3.05) is 18.5 Å². The summed E-state index contributed by atoms with van der Waals surface area (Å²) in [5.74, 6) is -2.31. The zero-order chi connectivity index (χ0) is 19.5. The van der Waals surface area contributed by atoms with Crippen LogP contribution in [-0.4, -0.2) is 39.6 Å². The van der Waals surface area contributed by atoms with Gasteiger partial charge in [0, 0.05) is 11.5 Å². The number of hydrogen-bond donors (Lipinski definition) is 1. The number of ether oxygens (including phenoxy) is 1. The van der Waals surface area contributed by atoms with Crippen LogP contribution < -0.4 is 4.31 Å². The lowest BCUT2D eigenvalue weighted by atomic mass is 10.1. The van der Waals surface area contributed by atoms with Crippen LogP contribution in [0.25, 0.3) is 0 Å². The van der Waals surface area contributed by atoms with Crippen molar-refractivity contribution in [1.29, 1.82) is 0 Å². The third-order valence-electron chi connectivity index (χ3n) is 3.63. The fourth-order valence-corrected chi connectivity index (χ4v) is 3.70. The molecule has 0 saturated heterocycles. The lowest BCUT2D eigenvalue weighted by molar-refractivity contribution is 0.0600. The van der Waals surface area contributed by atoms with E-state index in [0.29, 0.717) is 5.56 Å². The summed E-state index contributed by atoms with van der Waals surface area (Å²) in [6, 6.07) is 10.4. The number of hydrogen-bond acceptors (Lipinski definition) is 5. The number of nitrogens with zero attached hydrogens (tertiary/aromatic N) is 1. The van der Waals surface area contributed by atoms with Gasteiger partial charge in [0.2, 0.25) is 10.0 Å². The van der Waals surface area contributed by atoms with E-state index in [1.807, 2.05) is 0 Å². The third kappa shape index (κ3) is 4.61. The van der Waals surface area contributed by atoms with Crippen molar-refractivity contribution >= 4 is 43.6 Å². The number of methoxy groups -OCH3 is 1. The number of sulfonamides is 1. The first-order valence-electron chi connectivity index (χ1n) is 7.32. The van der Waals surface area contributed by atoms with Crippen LogP contribution in [-0.2, 0) is 20.5 Å². The summed E-state index contributed by atoms with van der Waals surface area (Å²) >= 11 is 3.28. The van der Waals surface area contributed by atoms with Gasteiger partial charge in [-0.25, -0.2) is 18.0 Å². The highest BCUT2D eigenvalue weighted by atomic mass is 79.9. The number of benzene rings is 2. The predicted molar refractivity (Wildman–Crippen MR) is 99.9 cm³/mol. The number of halogens is 1. The second-order valence-corrected chi connectivity index (χ2v) is 8.33. The summed E-state index contributed by atoms with van der Waals surface area (Å²) in [6.07, 6.45) is 0. The molecule has 0 radical (unpaired) electrons. The van der Waals surface area contributed by atoms with Crippen LogP contribution in [0, 0.1) is 0 Å². The van der Waals surface area contributed by atoms with Crippen LogP contribution in [0.3, 0.4) is 0 Å². The van der Waals surface area contributed by atoms with Gasteiger partial charge < -0.3 is 9.84 Å². The minimum atomic E-state index is -3.80. The summed E-state index contributed by atoms with van der Waals surface area (Å²) in [6.45, 7) is 0. The van der Waals surface area contributed by atoms with E-state index in [-0.39, 0.29) is 22.6 Å². The molecule has 0 bridgehead atoms. The van der Waals surface area contributed by atoms with Gasteiger partial charge in [0.25, 0.3) is 0 Å². The van der Waals surface area contributed by atoms with Gasteiger partial charge in [0.15, 0.2) is 0 Å². The molecule has 0 heterocycles. The minimum Gasteiger partial charge on any atom is -0.478 e. The maximum absolute atomic E-state index is 12.7. The van der Waals surface area contributed by atoms with Crippen LogP contribution >= 0.6 is 15.9 Å². The van der Waals surface area contributed by atoms with Crippen LogP contribution in [0.2, 0.25) is 0 Å². The van der Waals surface area contributed by atoms with Gasteiger partial charge in [0.05, 0.1) is 29.7 Å².